The molecule has 0 bridgehead atoms. The number of β-amino-alcohol motifs (C(OH)–C–C–N with tert-alkyl or cyclic N) is 1. The molecule has 5 heterocycles. The Morgan fingerprint density at radius 2 is 2.05 bits per heavy atom. The van der Waals surface area contributed by atoms with Crippen LogP contribution >= 0.6 is 0 Å². The maximum absolute atomic E-state index is 14.0. The summed E-state index contributed by atoms with van der Waals surface area (Å²) in [6.07, 6.45) is 4.68. The van der Waals surface area contributed by atoms with E-state index in [2.05, 4.69) is 26.6 Å². The van der Waals surface area contributed by atoms with Gasteiger partial charge in [0.2, 0.25) is 0 Å². The summed E-state index contributed by atoms with van der Waals surface area (Å²) >= 11 is 0. The van der Waals surface area contributed by atoms with Crippen LogP contribution in [0.25, 0.3) is 5.57 Å². The van der Waals surface area contributed by atoms with Gasteiger partial charge in [-0.25, -0.2) is 29.0 Å². The number of allylic oxidation sites excluding steroid dienone is 2. The Kier molecular flexibility index (Phi) is 7.19. The zero-order chi connectivity index (χ0) is 27.8. The molecule has 1 amide bonds. The molecule has 10 nitrogen and oxygen atoms in total. The Bertz CT molecular complexity index is 1380. The Balaban J connectivity index is 1.16. The summed E-state index contributed by atoms with van der Waals surface area (Å²) in [6, 6.07) is 6.31. The van der Waals surface area contributed by atoms with Crippen LogP contribution in [-0.2, 0) is 4.74 Å². The van der Waals surface area contributed by atoms with Crippen LogP contribution in [0.2, 0.25) is 0 Å². The molecule has 210 valence electrons. The van der Waals surface area contributed by atoms with Crippen molar-refractivity contribution in [3.63, 3.8) is 0 Å². The average Bonchev–Trinajstić information content (AvgIpc) is 3.54. The van der Waals surface area contributed by atoms with Gasteiger partial charge in [-0.15, -0.1) is 0 Å². The van der Waals surface area contributed by atoms with E-state index in [1.165, 1.54) is 6.07 Å². The molecule has 6 rings (SSSR count). The van der Waals surface area contributed by atoms with Crippen molar-refractivity contribution in [3.8, 4) is 0 Å². The Morgan fingerprint density at radius 3 is 2.77 bits per heavy atom. The number of piperidine rings is 1. The van der Waals surface area contributed by atoms with Gasteiger partial charge in [0.1, 0.15) is 48.2 Å². The van der Waals surface area contributed by atoms with Crippen molar-refractivity contribution in [1.82, 2.24) is 31.6 Å². The minimum Gasteiger partial charge on any atom is -0.489 e. The molecule has 0 radical (unpaired) electrons. The Labute approximate surface area is 228 Å². The lowest BCUT2D eigenvalue weighted by atomic mass is 9.97. The predicted molar refractivity (Wildman–Crippen MR) is 140 cm³/mol. The average molecular weight is 556 g/mol. The number of aromatic nitrogens is 1. The van der Waals surface area contributed by atoms with Gasteiger partial charge in [0.25, 0.3) is 5.91 Å². The summed E-state index contributed by atoms with van der Waals surface area (Å²) in [6.45, 7) is 0.637. The number of aliphatic hydroxyl groups excluding tert-OH is 1. The van der Waals surface area contributed by atoms with Crippen molar-refractivity contribution in [2.45, 2.75) is 24.7 Å². The minimum atomic E-state index is -0.972. The molecule has 2 aromatic rings. The van der Waals surface area contributed by atoms with E-state index in [1.807, 2.05) is 28.1 Å². The van der Waals surface area contributed by atoms with Crippen LogP contribution < -0.4 is 26.5 Å². The first-order valence-corrected chi connectivity index (χ1v) is 13.0. The number of hydrogen-bond donors (Lipinski definition) is 5. The number of halogens is 3. The van der Waals surface area contributed by atoms with Gasteiger partial charge in [0, 0.05) is 42.5 Å². The van der Waals surface area contributed by atoms with Crippen LogP contribution in [0.1, 0.15) is 22.3 Å². The van der Waals surface area contributed by atoms with E-state index in [-0.39, 0.29) is 19.3 Å². The maximum Gasteiger partial charge on any atom is 0.257 e. The first-order valence-electron chi connectivity index (χ1n) is 13.0. The first kappa shape index (κ1) is 26.3. The SMILES string of the molecule is O=C(N[C@H]1CCN(c2ccc(C3=CC(OCCF)=CN4NC5NNCC5=C34)cn2)C[C@@H]1O)c1c(F)cccc1F. The Hall–Kier alpha value is -3.91. The topological polar surface area (TPSA) is 114 Å². The number of amides is 1. The molecule has 1 unspecified atom stereocenters. The van der Waals surface area contributed by atoms with E-state index in [1.54, 1.807) is 12.4 Å². The largest absolute Gasteiger partial charge is 0.489 e. The summed E-state index contributed by atoms with van der Waals surface area (Å²) in [5.74, 6) is -1.66. The molecule has 40 heavy (non-hydrogen) atoms. The van der Waals surface area contributed by atoms with Gasteiger partial charge in [0.15, 0.2) is 0 Å². The number of carbonyl (C=O) groups excluding carboxylic acids is 1. The van der Waals surface area contributed by atoms with Gasteiger partial charge in [-0.1, -0.05) is 6.07 Å². The van der Waals surface area contributed by atoms with E-state index in [0.717, 1.165) is 34.5 Å². The van der Waals surface area contributed by atoms with E-state index >= 15 is 0 Å². The highest BCUT2D eigenvalue weighted by molar-refractivity contribution is 5.95. The number of nitrogens with one attached hydrogen (secondary N) is 4. The number of ether oxygens (including phenoxy) is 1. The fourth-order valence-corrected chi connectivity index (χ4v) is 5.36. The van der Waals surface area contributed by atoms with Crippen LogP contribution in [-0.4, -0.2) is 72.2 Å². The van der Waals surface area contributed by atoms with Crippen molar-refractivity contribution in [2.24, 2.45) is 0 Å². The summed E-state index contributed by atoms with van der Waals surface area (Å²) in [7, 11) is 0. The third-order valence-electron chi connectivity index (χ3n) is 7.30. The molecule has 0 saturated carbocycles. The second kappa shape index (κ2) is 10.9. The third kappa shape index (κ3) is 4.92. The van der Waals surface area contributed by atoms with Gasteiger partial charge in [-0.2, -0.15) is 0 Å². The minimum absolute atomic E-state index is 0.0518. The molecule has 1 aromatic carbocycles. The molecule has 2 saturated heterocycles. The van der Waals surface area contributed by atoms with Crippen molar-refractivity contribution in [3.05, 3.63) is 88.6 Å². The fourth-order valence-electron chi connectivity index (χ4n) is 5.36. The summed E-state index contributed by atoms with van der Waals surface area (Å²) in [5.41, 5.74) is 12.7. The number of anilines is 1. The zero-order valence-electron chi connectivity index (χ0n) is 21.3. The second-order valence-corrected chi connectivity index (χ2v) is 9.81. The highest BCUT2D eigenvalue weighted by Gasteiger charge is 2.38. The van der Waals surface area contributed by atoms with Gasteiger partial charge in [-0.05, 0) is 36.8 Å². The highest BCUT2D eigenvalue weighted by Crippen LogP contribution is 2.38. The number of hydrazine groups is 2. The molecule has 2 fully saturated rings. The van der Waals surface area contributed by atoms with Crippen molar-refractivity contribution in [1.29, 1.82) is 0 Å². The molecule has 5 N–H and O–H groups in total. The number of nitrogens with zero attached hydrogens (tertiary/aromatic N) is 3. The van der Waals surface area contributed by atoms with Crippen molar-refractivity contribution < 1.29 is 27.8 Å². The number of carbonyl (C=O) groups is 1. The number of hydrogen-bond acceptors (Lipinski definition) is 9. The van der Waals surface area contributed by atoms with Crippen LogP contribution in [0.3, 0.4) is 0 Å². The second-order valence-electron chi connectivity index (χ2n) is 9.81. The molecule has 1 aromatic heterocycles. The normalized spacial score (nSPS) is 23.9. The lowest BCUT2D eigenvalue weighted by Crippen LogP contribution is -2.54. The van der Waals surface area contributed by atoms with E-state index in [9.17, 15) is 23.1 Å². The van der Waals surface area contributed by atoms with Crippen LogP contribution in [0, 0.1) is 11.6 Å². The van der Waals surface area contributed by atoms with Crippen molar-refractivity contribution >= 4 is 17.3 Å². The van der Waals surface area contributed by atoms with Crippen molar-refractivity contribution in [2.75, 3.05) is 37.8 Å². The standard InChI is InChI=1S/C27H28F3N7O3/c28-7-9-40-16-10-17(25-18-12-32-34-26(18)35-37(25)13-16)15-4-5-23(31-11-15)36-8-6-21(22(38)14-36)33-27(39)24-19(29)2-1-3-20(24)30/h1-5,10-11,13,21-22,26,32,34-35,38H,6-9,12,14H2,(H,33,39)/t21-,22-,26?/m0/s1. The molecule has 0 spiro atoms. The number of rotatable bonds is 7. The number of fused-ring (bicyclic) bond motifs is 2. The molecule has 13 heteroatoms. The third-order valence-corrected chi connectivity index (χ3v) is 7.30. The molecule has 4 aliphatic rings. The predicted octanol–water partition coefficient (Wildman–Crippen LogP) is 1.46. The van der Waals surface area contributed by atoms with Gasteiger partial charge >= 0.3 is 0 Å². The summed E-state index contributed by atoms with van der Waals surface area (Å²) in [5, 5.41) is 15.2. The number of aliphatic hydroxyl groups is 1. The molecular formula is C27H28F3N7O3. The number of alkyl halides is 1. The van der Waals surface area contributed by atoms with Crippen LogP contribution in [0.5, 0.6) is 0 Å². The van der Waals surface area contributed by atoms with Gasteiger partial charge in [0.05, 0.1) is 24.0 Å². The lowest BCUT2D eigenvalue weighted by molar-refractivity contribution is 0.0790. The quantitative estimate of drug-likeness (QED) is 0.347. The first-order chi connectivity index (χ1) is 19.4. The van der Waals surface area contributed by atoms with Crippen LogP contribution in [0.15, 0.2) is 65.8 Å². The Morgan fingerprint density at radius 1 is 1.23 bits per heavy atom. The van der Waals surface area contributed by atoms with Gasteiger partial charge < -0.3 is 20.1 Å². The zero-order valence-corrected chi connectivity index (χ0v) is 21.3. The fraction of sp³-hybridized carbons (Fsp3) is 0.333. The molecular weight excluding hydrogens is 527 g/mol. The number of pyridine rings is 1. The molecule has 4 aliphatic heterocycles. The van der Waals surface area contributed by atoms with E-state index in [4.69, 9.17) is 4.74 Å². The number of benzene rings is 1. The highest BCUT2D eigenvalue weighted by atomic mass is 19.1. The van der Waals surface area contributed by atoms with Crippen LogP contribution in [0.4, 0.5) is 19.0 Å². The maximum atomic E-state index is 14.0. The molecule has 0 aliphatic carbocycles. The molecule has 3 atom stereocenters. The summed E-state index contributed by atoms with van der Waals surface area (Å²) in [4.78, 5) is 19.0. The lowest BCUT2D eigenvalue weighted by Gasteiger charge is -2.37. The van der Waals surface area contributed by atoms with E-state index < -0.39 is 41.9 Å². The summed E-state index contributed by atoms with van der Waals surface area (Å²) < 4.78 is 46.3. The van der Waals surface area contributed by atoms with E-state index in [0.29, 0.717) is 31.1 Å². The van der Waals surface area contributed by atoms with Gasteiger partial charge in [-0.3, -0.25) is 15.2 Å². The monoisotopic (exact) mass is 555 g/mol. The smallest absolute Gasteiger partial charge is 0.257 e.